The molecule has 1 saturated carbocycles. The standard InChI is InChI=1S/C18H21N3O4/c1-10-8-13(20-25-10)21-9-18-7-6-12(24-18)14(15(18)17(21)23)16(22)19-11-4-2-3-5-11/h6-8,11-12,14-15H,2-5,9H2,1H3,(H,19,22)/t12-,14+,15+,18+/m1/s1. The zero-order chi connectivity index (χ0) is 17.2. The number of carbonyl (C=O) groups is 2. The summed E-state index contributed by atoms with van der Waals surface area (Å²) in [5, 5.41) is 7.09. The van der Waals surface area contributed by atoms with Crippen LogP contribution < -0.4 is 10.2 Å². The number of carbonyl (C=O) groups excluding carboxylic acids is 2. The van der Waals surface area contributed by atoms with Gasteiger partial charge in [-0.3, -0.25) is 14.5 Å². The minimum Gasteiger partial charge on any atom is -0.360 e. The number of ether oxygens (including phenoxy) is 1. The minimum atomic E-state index is -0.716. The lowest BCUT2D eigenvalue weighted by molar-refractivity contribution is -0.132. The summed E-state index contributed by atoms with van der Waals surface area (Å²) >= 11 is 0. The Hall–Kier alpha value is -2.15. The van der Waals surface area contributed by atoms with Gasteiger partial charge in [0.15, 0.2) is 5.82 Å². The predicted molar refractivity (Wildman–Crippen MR) is 87.7 cm³/mol. The van der Waals surface area contributed by atoms with Crippen LogP contribution >= 0.6 is 0 Å². The van der Waals surface area contributed by atoms with Crippen LogP contribution in [0.1, 0.15) is 31.4 Å². The first-order chi connectivity index (χ1) is 12.1. The van der Waals surface area contributed by atoms with Gasteiger partial charge in [-0.15, -0.1) is 0 Å². The maximum Gasteiger partial charge on any atom is 0.235 e. The molecule has 1 aromatic rings. The molecule has 0 radical (unpaired) electrons. The molecule has 7 nitrogen and oxygen atoms in total. The van der Waals surface area contributed by atoms with Crippen molar-refractivity contribution in [2.75, 3.05) is 11.4 Å². The molecule has 4 atom stereocenters. The van der Waals surface area contributed by atoms with Gasteiger partial charge in [0.05, 0.1) is 24.5 Å². The van der Waals surface area contributed by atoms with Crippen LogP contribution in [0.2, 0.25) is 0 Å². The predicted octanol–water partition coefficient (Wildman–Crippen LogP) is 1.33. The largest absolute Gasteiger partial charge is 0.360 e. The molecule has 3 aliphatic heterocycles. The average Bonchev–Trinajstić information content (AvgIpc) is 3.36. The highest BCUT2D eigenvalue weighted by Crippen LogP contribution is 2.52. The molecule has 2 amide bonds. The molecule has 4 heterocycles. The lowest BCUT2D eigenvalue weighted by Crippen LogP contribution is -2.46. The molecular formula is C18H21N3O4. The van der Waals surface area contributed by atoms with E-state index in [1.54, 1.807) is 17.9 Å². The van der Waals surface area contributed by atoms with E-state index in [0.29, 0.717) is 18.1 Å². The van der Waals surface area contributed by atoms with Crippen LogP contribution in [0.15, 0.2) is 22.7 Å². The second-order valence-corrected chi connectivity index (χ2v) is 7.61. The van der Waals surface area contributed by atoms with E-state index in [1.165, 1.54) is 0 Å². The Labute approximate surface area is 145 Å². The summed E-state index contributed by atoms with van der Waals surface area (Å²) in [4.78, 5) is 27.6. The van der Waals surface area contributed by atoms with Gasteiger partial charge in [-0.2, -0.15) is 0 Å². The molecule has 1 aromatic heterocycles. The summed E-state index contributed by atoms with van der Waals surface area (Å²) in [6.07, 6.45) is 7.92. The number of hydrogen-bond donors (Lipinski definition) is 1. The first kappa shape index (κ1) is 15.1. The van der Waals surface area contributed by atoms with Gasteiger partial charge < -0.3 is 14.6 Å². The molecule has 1 spiro atoms. The van der Waals surface area contributed by atoms with Crippen LogP contribution in [0.5, 0.6) is 0 Å². The van der Waals surface area contributed by atoms with E-state index in [2.05, 4.69) is 10.5 Å². The molecule has 4 aliphatic rings. The van der Waals surface area contributed by atoms with Crippen LogP contribution in [0, 0.1) is 18.8 Å². The third-order valence-corrected chi connectivity index (χ3v) is 6.00. The molecule has 1 N–H and O–H groups in total. The van der Waals surface area contributed by atoms with Crippen LogP contribution in [-0.4, -0.2) is 41.3 Å². The van der Waals surface area contributed by atoms with Crippen LogP contribution in [0.4, 0.5) is 5.82 Å². The zero-order valence-corrected chi connectivity index (χ0v) is 14.1. The summed E-state index contributed by atoms with van der Waals surface area (Å²) in [6.45, 7) is 2.17. The van der Waals surface area contributed by atoms with Gasteiger partial charge in [-0.05, 0) is 19.8 Å². The van der Waals surface area contributed by atoms with E-state index in [-0.39, 0.29) is 24.0 Å². The summed E-state index contributed by atoms with van der Waals surface area (Å²) in [5.74, 6) is 0.0266. The Kier molecular flexibility index (Phi) is 3.13. The molecule has 132 valence electrons. The van der Waals surface area contributed by atoms with Gasteiger partial charge in [0, 0.05) is 12.1 Å². The number of nitrogens with one attached hydrogen (secondary N) is 1. The van der Waals surface area contributed by atoms with E-state index in [0.717, 1.165) is 25.7 Å². The lowest BCUT2D eigenvalue weighted by atomic mass is 9.76. The molecule has 7 heteroatoms. The highest BCUT2D eigenvalue weighted by atomic mass is 16.5. The van der Waals surface area contributed by atoms with Gasteiger partial charge in [0.25, 0.3) is 0 Å². The Balaban J connectivity index is 1.42. The van der Waals surface area contributed by atoms with Gasteiger partial charge in [0.1, 0.15) is 11.4 Å². The van der Waals surface area contributed by atoms with Gasteiger partial charge in [0.2, 0.25) is 11.8 Å². The van der Waals surface area contributed by atoms with E-state index >= 15 is 0 Å². The molecule has 2 saturated heterocycles. The van der Waals surface area contributed by atoms with Crippen molar-refractivity contribution in [3.63, 3.8) is 0 Å². The molecule has 0 unspecified atom stereocenters. The second kappa shape index (κ2) is 5.17. The molecular weight excluding hydrogens is 322 g/mol. The quantitative estimate of drug-likeness (QED) is 0.837. The summed E-state index contributed by atoms with van der Waals surface area (Å²) in [7, 11) is 0. The SMILES string of the molecule is Cc1cc(N2C[C@]34C=C[C@@H](O3)[C@H](C(=O)NC3CCCC3)[C@H]4C2=O)no1. The number of nitrogens with zero attached hydrogens (tertiary/aromatic N) is 2. The first-order valence-electron chi connectivity index (χ1n) is 9.00. The number of aryl methyl sites for hydroxylation is 1. The second-order valence-electron chi connectivity index (χ2n) is 7.61. The third-order valence-electron chi connectivity index (χ3n) is 6.00. The molecule has 0 aromatic carbocycles. The van der Waals surface area contributed by atoms with E-state index in [1.807, 2.05) is 12.2 Å². The van der Waals surface area contributed by atoms with Crippen molar-refractivity contribution >= 4 is 17.6 Å². The minimum absolute atomic E-state index is 0.0559. The monoisotopic (exact) mass is 343 g/mol. The Morgan fingerprint density at radius 2 is 2.20 bits per heavy atom. The maximum atomic E-state index is 13.1. The average molecular weight is 343 g/mol. The molecule has 2 bridgehead atoms. The molecule has 1 aliphatic carbocycles. The molecule has 25 heavy (non-hydrogen) atoms. The van der Waals surface area contributed by atoms with Crippen molar-refractivity contribution in [1.82, 2.24) is 10.5 Å². The zero-order valence-electron chi connectivity index (χ0n) is 14.1. The number of aromatic nitrogens is 1. The number of rotatable bonds is 3. The van der Waals surface area contributed by atoms with Crippen molar-refractivity contribution in [2.45, 2.75) is 50.4 Å². The van der Waals surface area contributed by atoms with E-state index in [9.17, 15) is 9.59 Å². The lowest BCUT2D eigenvalue weighted by Gasteiger charge is -2.24. The maximum absolute atomic E-state index is 13.1. The smallest absolute Gasteiger partial charge is 0.235 e. The number of amides is 2. The summed E-state index contributed by atoms with van der Waals surface area (Å²) in [6, 6.07) is 1.97. The highest BCUT2D eigenvalue weighted by Gasteiger charge is 2.67. The van der Waals surface area contributed by atoms with Crippen molar-refractivity contribution in [3.05, 3.63) is 24.0 Å². The van der Waals surface area contributed by atoms with Crippen molar-refractivity contribution in [2.24, 2.45) is 11.8 Å². The van der Waals surface area contributed by atoms with Gasteiger partial charge in [-0.25, -0.2) is 0 Å². The van der Waals surface area contributed by atoms with Crippen LogP contribution in [0.25, 0.3) is 0 Å². The van der Waals surface area contributed by atoms with E-state index in [4.69, 9.17) is 9.26 Å². The Bertz CT molecular complexity index is 766. The highest BCUT2D eigenvalue weighted by molar-refractivity contribution is 6.02. The van der Waals surface area contributed by atoms with E-state index < -0.39 is 17.4 Å². The van der Waals surface area contributed by atoms with Gasteiger partial charge >= 0.3 is 0 Å². The molecule has 5 rings (SSSR count). The normalized spacial score (nSPS) is 36.4. The fraction of sp³-hybridized carbons (Fsp3) is 0.611. The summed E-state index contributed by atoms with van der Waals surface area (Å²) < 4.78 is 11.2. The van der Waals surface area contributed by atoms with Crippen molar-refractivity contribution in [3.8, 4) is 0 Å². The van der Waals surface area contributed by atoms with Crippen molar-refractivity contribution < 1.29 is 18.8 Å². The fourth-order valence-electron chi connectivity index (χ4n) is 4.84. The van der Waals surface area contributed by atoms with Crippen LogP contribution in [0.3, 0.4) is 0 Å². The third kappa shape index (κ3) is 2.11. The van der Waals surface area contributed by atoms with Gasteiger partial charge in [-0.1, -0.05) is 30.2 Å². The van der Waals surface area contributed by atoms with Crippen LogP contribution in [-0.2, 0) is 14.3 Å². The topological polar surface area (TPSA) is 84.7 Å². The number of anilines is 1. The fourth-order valence-corrected chi connectivity index (χ4v) is 4.84. The number of hydrogen-bond acceptors (Lipinski definition) is 5. The Morgan fingerprint density at radius 3 is 2.92 bits per heavy atom. The Morgan fingerprint density at radius 1 is 1.40 bits per heavy atom. The summed E-state index contributed by atoms with van der Waals surface area (Å²) in [5.41, 5.74) is -0.716. The first-order valence-corrected chi connectivity index (χ1v) is 9.00. The number of fused-ring (bicyclic) bond motifs is 1. The molecule has 3 fully saturated rings. The van der Waals surface area contributed by atoms with Crippen molar-refractivity contribution in [1.29, 1.82) is 0 Å².